The lowest BCUT2D eigenvalue weighted by atomic mass is 10.0. The molecule has 0 spiro atoms. The van der Waals surface area contributed by atoms with Crippen molar-refractivity contribution in [2.24, 2.45) is 5.73 Å². The van der Waals surface area contributed by atoms with E-state index in [0.717, 1.165) is 18.8 Å². The van der Waals surface area contributed by atoms with Gasteiger partial charge in [-0.1, -0.05) is 26.0 Å². The minimum Gasteiger partial charge on any atom is -0.496 e. The van der Waals surface area contributed by atoms with E-state index >= 15 is 0 Å². The van der Waals surface area contributed by atoms with Crippen LogP contribution in [-0.4, -0.2) is 32.1 Å². The van der Waals surface area contributed by atoms with Gasteiger partial charge in [0.15, 0.2) is 0 Å². The quantitative estimate of drug-likeness (QED) is 0.823. The molecule has 0 aromatic heterocycles. The van der Waals surface area contributed by atoms with Crippen LogP contribution in [0.5, 0.6) is 5.75 Å². The molecule has 0 heterocycles. The first kappa shape index (κ1) is 14.0. The Balaban J connectivity index is 2.85. The van der Waals surface area contributed by atoms with Gasteiger partial charge < -0.3 is 15.4 Å². The van der Waals surface area contributed by atoms with Gasteiger partial charge in [-0.2, -0.15) is 0 Å². The summed E-state index contributed by atoms with van der Waals surface area (Å²) in [6.07, 6.45) is 0. The largest absolute Gasteiger partial charge is 0.496 e. The molecule has 1 rings (SSSR count). The van der Waals surface area contributed by atoms with Crippen LogP contribution in [-0.2, 0) is 6.54 Å². The Labute approximate surface area is 105 Å². The lowest BCUT2D eigenvalue weighted by Crippen LogP contribution is -2.25. The van der Waals surface area contributed by atoms with Gasteiger partial charge >= 0.3 is 0 Å². The third-order valence-corrected chi connectivity index (χ3v) is 2.93. The molecule has 1 aromatic rings. The molecular weight excluding hydrogens is 212 g/mol. The van der Waals surface area contributed by atoms with Gasteiger partial charge in [0.1, 0.15) is 5.75 Å². The molecular formula is C14H24N2O. The van der Waals surface area contributed by atoms with Crippen molar-refractivity contribution in [2.45, 2.75) is 26.3 Å². The van der Waals surface area contributed by atoms with E-state index in [1.54, 1.807) is 7.11 Å². The van der Waals surface area contributed by atoms with Crippen LogP contribution < -0.4 is 10.5 Å². The SMILES string of the molecule is COc1cc(C(C)C)ccc1CN(C)CCN. The summed E-state index contributed by atoms with van der Waals surface area (Å²) in [7, 11) is 3.80. The van der Waals surface area contributed by atoms with E-state index in [0.29, 0.717) is 12.5 Å². The number of rotatable bonds is 6. The van der Waals surface area contributed by atoms with Gasteiger partial charge in [-0.15, -0.1) is 0 Å². The summed E-state index contributed by atoms with van der Waals surface area (Å²) in [5.74, 6) is 1.50. The summed E-state index contributed by atoms with van der Waals surface area (Å²) in [5.41, 5.74) is 8.07. The monoisotopic (exact) mass is 236 g/mol. The number of ether oxygens (including phenoxy) is 1. The summed E-state index contributed by atoms with van der Waals surface area (Å²) >= 11 is 0. The predicted molar refractivity (Wildman–Crippen MR) is 72.5 cm³/mol. The molecule has 0 radical (unpaired) electrons. The first-order chi connectivity index (χ1) is 8.08. The lowest BCUT2D eigenvalue weighted by Gasteiger charge is -2.18. The van der Waals surface area contributed by atoms with E-state index in [4.69, 9.17) is 10.5 Å². The van der Waals surface area contributed by atoms with Crippen LogP contribution in [0.15, 0.2) is 18.2 Å². The van der Waals surface area contributed by atoms with Crippen LogP contribution in [0.4, 0.5) is 0 Å². The summed E-state index contributed by atoms with van der Waals surface area (Å²) < 4.78 is 5.46. The molecule has 3 heteroatoms. The normalized spacial score (nSPS) is 11.2. The van der Waals surface area contributed by atoms with Crippen LogP contribution in [0.2, 0.25) is 0 Å². The Bertz CT molecular complexity index is 350. The Morgan fingerprint density at radius 1 is 1.35 bits per heavy atom. The second-order valence-corrected chi connectivity index (χ2v) is 4.75. The van der Waals surface area contributed by atoms with Crippen molar-refractivity contribution in [3.63, 3.8) is 0 Å². The fourth-order valence-corrected chi connectivity index (χ4v) is 1.84. The first-order valence-corrected chi connectivity index (χ1v) is 6.14. The Kier molecular flexibility index (Phi) is 5.45. The first-order valence-electron chi connectivity index (χ1n) is 6.14. The molecule has 0 aliphatic heterocycles. The molecule has 0 atom stereocenters. The average molecular weight is 236 g/mol. The van der Waals surface area contributed by atoms with E-state index in [1.165, 1.54) is 11.1 Å². The average Bonchev–Trinajstić information content (AvgIpc) is 2.29. The van der Waals surface area contributed by atoms with Crippen molar-refractivity contribution in [2.75, 3.05) is 27.2 Å². The number of methoxy groups -OCH3 is 1. The zero-order chi connectivity index (χ0) is 12.8. The van der Waals surface area contributed by atoms with Gasteiger partial charge in [0, 0.05) is 25.2 Å². The summed E-state index contributed by atoms with van der Waals surface area (Å²) in [5, 5.41) is 0. The van der Waals surface area contributed by atoms with Gasteiger partial charge in [-0.05, 0) is 24.6 Å². The maximum absolute atomic E-state index is 5.54. The molecule has 1 aromatic carbocycles. The fourth-order valence-electron chi connectivity index (χ4n) is 1.84. The standard InChI is InChI=1S/C14H24N2O/c1-11(2)12-5-6-13(14(9-12)17-4)10-16(3)8-7-15/h5-6,9,11H,7-8,10,15H2,1-4H3. The fraction of sp³-hybridized carbons (Fsp3) is 0.571. The van der Waals surface area contributed by atoms with Crippen LogP contribution in [0, 0.1) is 0 Å². The van der Waals surface area contributed by atoms with Gasteiger partial charge in [0.2, 0.25) is 0 Å². The molecule has 0 aliphatic rings. The minimum absolute atomic E-state index is 0.528. The highest BCUT2D eigenvalue weighted by molar-refractivity contribution is 5.38. The van der Waals surface area contributed by atoms with Crippen LogP contribution in [0.25, 0.3) is 0 Å². The van der Waals surface area contributed by atoms with Crippen molar-refractivity contribution >= 4 is 0 Å². The molecule has 0 aliphatic carbocycles. The lowest BCUT2D eigenvalue weighted by molar-refractivity contribution is 0.325. The molecule has 0 fully saturated rings. The second-order valence-electron chi connectivity index (χ2n) is 4.75. The van der Waals surface area contributed by atoms with Crippen molar-refractivity contribution < 1.29 is 4.74 Å². The smallest absolute Gasteiger partial charge is 0.123 e. The molecule has 0 saturated carbocycles. The third kappa shape index (κ3) is 4.02. The van der Waals surface area contributed by atoms with Crippen LogP contribution in [0.3, 0.4) is 0 Å². The van der Waals surface area contributed by atoms with Gasteiger partial charge in [0.25, 0.3) is 0 Å². The zero-order valence-corrected chi connectivity index (χ0v) is 11.4. The van der Waals surface area contributed by atoms with Crippen LogP contribution in [0.1, 0.15) is 30.9 Å². The van der Waals surface area contributed by atoms with Crippen molar-refractivity contribution in [3.8, 4) is 5.75 Å². The summed E-state index contributed by atoms with van der Waals surface area (Å²) in [6, 6.07) is 6.47. The highest BCUT2D eigenvalue weighted by atomic mass is 16.5. The van der Waals surface area contributed by atoms with E-state index in [-0.39, 0.29) is 0 Å². The number of benzene rings is 1. The minimum atomic E-state index is 0.528. The molecule has 0 bridgehead atoms. The van der Waals surface area contributed by atoms with Crippen LogP contribution >= 0.6 is 0 Å². The topological polar surface area (TPSA) is 38.5 Å². The summed E-state index contributed by atoms with van der Waals surface area (Å²) in [4.78, 5) is 2.20. The highest BCUT2D eigenvalue weighted by Gasteiger charge is 2.08. The maximum Gasteiger partial charge on any atom is 0.123 e. The number of nitrogens with two attached hydrogens (primary N) is 1. The van der Waals surface area contributed by atoms with Gasteiger partial charge in [-0.3, -0.25) is 0 Å². The molecule has 96 valence electrons. The molecule has 3 nitrogen and oxygen atoms in total. The number of nitrogens with zero attached hydrogens (tertiary/aromatic N) is 1. The van der Waals surface area contributed by atoms with E-state index in [1.807, 2.05) is 0 Å². The number of hydrogen-bond donors (Lipinski definition) is 1. The third-order valence-electron chi connectivity index (χ3n) is 2.93. The molecule has 2 N–H and O–H groups in total. The number of hydrogen-bond acceptors (Lipinski definition) is 3. The molecule has 0 unspecified atom stereocenters. The van der Waals surface area contributed by atoms with E-state index in [2.05, 4.69) is 44.0 Å². The Morgan fingerprint density at radius 3 is 2.59 bits per heavy atom. The summed E-state index contributed by atoms with van der Waals surface area (Å²) in [6.45, 7) is 6.83. The zero-order valence-electron chi connectivity index (χ0n) is 11.4. The highest BCUT2D eigenvalue weighted by Crippen LogP contribution is 2.25. The second kappa shape index (κ2) is 6.62. The molecule has 0 saturated heterocycles. The van der Waals surface area contributed by atoms with Crippen molar-refractivity contribution in [3.05, 3.63) is 29.3 Å². The van der Waals surface area contributed by atoms with Crippen molar-refractivity contribution in [1.82, 2.24) is 4.90 Å². The predicted octanol–water partition coefficient (Wildman–Crippen LogP) is 2.21. The molecule has 17 heavy (non-hydrogen) atoms. The van der Waals surface area contributed by atoms with Gasteiger partial charge in [-0.25, -0.2) is 0 Å². The van der Waals surface area contributed by atoms with Gasteiger partial charge in [0.05, 0.1) is 7.11 Å². The van der Waals surface area contributed by atoms with E-state index in [9.17, 15) is 0 Å². The Hall–Kier alpha value is -1.06. The maximum atomic E-state index is 5.54. The Morgan fingerprint density at radius 2 is 2.06 bits per heavy atom. The van der Waals surface area contributed by atoms with E-state index < -0.39 is 0 Å². The van der Waals surface area contributed by atoms with Crippen molar-refractivity contribution in [1.29, 1.82) is 0 Å². The number of likely N-dealkylation sites (N-methyl/N-ethyl adjacent to an activating group) is 1. The molecule has 0 amide bonds.